The van der Waals surface area contributed by atoms with Gasteiger partial charge >= 0.3 is 0 Å². The highest BCUT2D eigenvalue weighted by Gasteiger charge is 2.13. The minimum absolute atomic E-state index is 0. The fraction of sp³-hybridized carbons (Fsp3) is 0.588. The molecule has 5 nitrogen and oxygen atoms in total. The molecular formula is C17H29IN4O. The molecule has 4 N–H and O–H groups in total. The number of guanidine groups is 1. The molecule has 1 aromatic carbocycles. The van der Waals surface area contributed by atoms with Gasteiger partial charge < -0.3 is 21.1 Å². The summed E-state index contributed by atoms with van der Waals surface area (Å²) in [5.41, 5.74) is 8.23. The summed E-state index contributed by atoms with van der Waals surface area (Å²) in [5, 5.41) is 6.63. The van der Waals surface area contributed by atoms with Crippen molar-refractivity contribution in [3.8, 4) is 0 Å². The Kier molecular flexibility index (Phi) is 10.0. The van der Waals surface area contributed by atoms with E-state index in [1.165, 1.54) is 32.1 Å². The number of rotatable bonds is 7. The number of ether oxygens (including phenoxy) is 1. The van der Waals surface area contributed by atoms with E-state index in [4.69, 9.17) is 10.5 Å². The largest absolute Gasteiger partial charge is 0.383 e. The number of benzene rings is 1. The lowest BCUT2D eigenvalue weighted by Crippen LogP contribution is -2.41. The molecule has 0 saturated heterocycles. The summed E-state index contributed by atoms with van der Waals surface area (Å²) in [6, 6.07) is 8.78. The Hall–Kier alpha value is -1.02. The Bertz CT molecular complexity index is 458. The number of nitrogens with zero attached hydrogens (tertiary/aromatic N) is 1. The predicted octanol–water partition coefficient (Wildman–Crippen LogP) is 3.10. The van der Waals surface area contributed by atoms with Gasteiger partial charge in [-0.1, -0.05) is 31.4 Å². The van der Waals surface area contributed by atoms with Gasteiger partial charge in [0.1, 0.15) is 0 Å². The summed E-state index contributed by atoms with van der Waals surface area (Å²) in [4.78, 5) is 4.44. The second-order valence-corrected chi connectivity index (χ2v) is 5.80. The number of hydrogen-bond donors (Lipinski definition) is 3. The van der Waals surface area contributed by atoms with Crippen molar-refractivity contribution in [1.29, 1.82) is 0 Å². The fourth-order valence-electron chi connectivity index (χ4n) is 2.70. The highest BCUT2D eigenvalue weighted by molar-refractivity contribution is 14.0. The van der Waals surface area contributed by atoms with Crippen molar-refractivity contribution in [3.63, 3.8) is 0 Å². The van der Waals surface area contributed by atoms with Gasteiger partial charge in [0.25, 0.3) is 0 Å². The summed E-state index contributed by atoms with van der Waals surface area (Å²) in [6.07, 6.45) is 6.35. The van der Waals surface area contributed by atoms with Crippen molar-refractivity contribution < 1.29 is 4.74 Å². The average molecular weight is 432 g/mol. The third-order valence-corrected chi connectivity index (χ3v) is 3.98. The highest BCUT2D eigenvalue weighted by Crippen LogP contribution is 2.17. The number of nitrogens with two attached hydrogens (primary N) is 1. The van der Waals surface area contributed by atoms with Crippen LogP contribution in [0.2, 0.25) is 0 Å². The first kappa shape index (κ1) is 20.0. The van der Waals surface area contributed by atoms with Crippen LogP contribution >= 0.6 is 24.0 Å². The van der Waals surface area contributed by atoms with E-state index in [0.717, 1.165) is 17.8 Å². The van der Waals surface area contributed by atoms with Crippen LogP contribution in [0.5, 0.6) is 0 Å². The summed E-state index contributed by atoms with van der Waals surface area (Å²) in [6.45, 7) is 2.13. The van der Waals surface area contributed by atoms with E-state index < -0.39 is 0 Å². The number of anilines is 1. The van der Waals surface area contributed by atoms with E-state index in [1.54, 1.807) is 7.11 Å². The molecule has 1 saturated carbocycles. The number of nitrogens with one attached hydrogen (secondary N) is 2. The van der Waals surface area contributed by atoms with E-state index in [0.29, 0.717) is 25.2 Å². The van der Waals surface area contributed by atoms with Crippen LogP contribution in [0.25, 0.3) is 0 Å². The van der Waals surface area contributed by atoms with Gasteiger partial charge in [0.05, 0.1) is 13.2 Å². The fourth-order valence-corrected chi connectivity index (χ4v) is 2.70. The Labute approximate surface area is 156 Å². The third kappa shape index (κ3) is 7.87. The van der Waals surface area contributed by atoms with Crippen molar-refractivity contribution in [2.75, 3.05) is 25.6 Å². The summed E-state index contributed by atoms with van der Waals surface area (Å²) < 4.78 is 5.01. The summed E-state index contributed by atoms with van der Waals surface area (Å²) >= 11 is 0. The molecule has 0 heterocycles. The topological polar surface area (TPSA) is 71.7 Å². The summed E-state index contributed by atoms with van der Waals surface area (Å²) in [5.74, 6) is 0.564. The Balaban J connectivity index is 0.00000264. The molecule has 1 aliphatic rings. The molecule has 1 aliphatic carbocycles. The van der Waals surface area contributed by atoms with E-state index in [-0.39, 0.29) is 24.0 Å². The van der Waals surface area contributed by atoms with Crippen molar-refractivity contribution in [1.82, 2.24) is 5.32 Å². The second-order valence-electron chi connectivity index (χ2n) is 5.80. The van der Waals surface area contributed by atoms with E-state index >= 15 is 0 Å². The van der Waals surface area contributed by atoms with Crippen LogP contribution in [0.3, 0.4) is 0 Å². The van der Waals surface area contributed by atoms with Crippen LogP contribution in [-0.2, 0) is 11.3 Å². The van der Waals surface area contributed by atoms with Gasteiger partial charge in [0.15, 0.2) is 5.96 Å². The van der Waals surface area contributed by atoms with E-state index in [9.17, 15) is 0 Å². The van der Waals surface area contributed by atoms with Gasteiger partial charge in [-0.05, 0) is 30.5 Å². The molecule has 0 aromatic heterocycles. The lowest BCUT2D eigenvalue weighted by Gasteiger charge is -2.23. The zero-order chi connectivity index (χ0) is 15.6. The molecule has 2 rings (SSSR count). The molecule has 0 atom stereocenters. The minimum Gasteiger partial charge on any atom is -0.383 e. The Morgan fingerprint density at radius 3 is 2.57 bits per heavy atom. The van der Waals surface area contributed by atoms with Crippen molar-refractivity contribution in [2.45, 2.75) is 44.7 Å². The van der Waals surface area contributed by atoms with Crippen molar-refractivity contribution >= 4 is 35.6 Å². The van der Waals surface area contributed by atoms with Crippen molar-refractivity contribution in [2.24, 2.45) is 10.7 Å². The van der Waals surface area contributed by atoms with Gasteiger partial charge in [-0.15, -0.1) is 24.0 Å². The van der Waals surface area contributed by atoms with Crippen LogP contribution in [0, 0.1) is 0 Å². The molecule has 0 aliphatic heterocycles. The Morgan fingerprint density at radius 2 is 1.91 bits per heavy atom. The third-order valence-electron chi connectivity index (χ3n) is 3.98. The van der Waals surface area contributed by atoms with Gasteiger partial charge in [-0.2, -0.15) is 0 Å². The van der Waals surface area contributed by atoms with Gasteiger partial charge in [-0.3, -0.25) is 0 Å². The monoisotopic (exact) mass is 432 g/mol. The zero-order valence-corrected chi connectivity index (χ0v) is 16.2. The van der Waals surface area contributed by atoms with Crippen LogP contribution in [0.1, 0.15) is 37.7 Å². The molecule has 0 bridgehead atoms. The maximum absolute atomic E-state index is 5.98. The van der Waals surface area contributed by atoms with Crippen molar-refractivity contribution in [3.05, 3.63) is 29.8 Å². The molecule has 130 valence electrons. The smallest absolute Gasteiger partial charge is 0.189 e. The second kappa shape index (κ2) is 11.5. The van der Waals surface area contributed by atoms with Crippen LogP contribution in [0.15, 0.2) is 29.3 Å². The highest BCUT2D eigenvalue weighted by atomic mass is 127. The molecule has 0 amide bonds. The van der Waals surface area contributed by atoms with Crippen LogP contribution in [0.4, 0.5) is 5.69 Å². The molecule has 23 heavy (non-hydrogen) atoms. The van der Waals surface area contributed by atoms with Gasteiger partial charge in [-0.25, -0.2) is 4.99 Å². The standard InChI is InChI=1S/C17H28N4O.HI/c1-22-12-11-19-15-9-7-14(8-10-15)13-20-17(18)21-16-5-3-2-4-6-16;/h7-10,16,19H,2-6,11-13H2,1H3,(H3,18,20,21);1H. The lowest BCUT2D eigenvalue weighted by molar-refractivity contribution is 0.211. The molecule has 6 heteroatoms. The predicted molar refractivity (Wildman–Crippen MR) is 108 cm³/mol. The maximum Gasteiger partial charge on any atom is 0.189 e. The van der Waals surface area contributed by atoms with E-state index in [2.05, 4.69) is 39.9 Å². The first-order valence-electron chi connectivity index (χ1n) is 8.16. The molecule has 1 aromatic rings. The number of methoxy groups -OCH3 is 1. The average Bonchev–Trinajstić information content (AvgIpc) is 2.55. The molecule has 0 spiro atoms. The van der Waals surface area contributed by atoms with Crippen LogP contribution in [-0.4, -0.2) is 32.3 Å². The van der Waals surface area contributed by atoms with E-state index in [1.807, 2.05) is 0 Å². The number of aliphatic imine (C=N–C) groups is 1. The molecule has 0 unspecified atom stereocenters. The number of halogens is 1. The SMILES string of the molecule is COCCNc1ccc(CN=C(N)NC2CCCCC2)cc1.I. The lowest BCUT2D eigenvalue weighted by atomic mass is 9.96. The normalized spacial score (nSPS) is 15.8. The molecule has 1 fully saturated rings. The van der Waals surface area contributed by atoms with Gasteiger partial charge in [0, 0.05) is 25.4 Å². The first-order chi connectivity index (χ1) is 10.8. The quantitative estimate of drug-likeness (QED) is 0.268. The molecular weight excluding hydrogens is 403 g/mol. The Morgan fingerprint density at radius 1 is 1.22 bits per heavy atom. The summed E-state index contributed by atoms with van der Waals surface area (Å²) in [7, 11) is 1.70. The number of hydrogen-bond acceptors (Lipinski definition) is 3. The maximum atomic E-state index is 5.98. The minimum atomic E-state index is 0. The first-order valence-corrected chi connectivity index (χ1v) is 8.16. The molecule has 0 radical (unpaired) electrons. The zero-order valence-electron chi connectivity index (χ0n) is 13.9. The van der Waals surface area contributed by atoms with Crippen LogP contribution < -0.4 is 16.4 Å². The van der Waals surface area contributed by atoms with Gasteiger partial charge in [0.2, 0.25) is 0 Å².